The summed E-state index contributed by atoms with van der Waals surface area (Å²) in [4.78, 5) is 17.2. The number of hydrogen-bond acceptors (Lipinski definition) is 5. The van der Waals surface area contributed by atoms with Crippen molar-refractivity contribution in [1.82, 2.24) is 35.2 Å². The summed E-state index contributed by atoms with van der Waals surface area (Å²) in [7, 11) is 0. The first-order valence-corrected chi connectivity index (χ1v) is 9.61. The summed E-state index contributed by atoms with van der Waals surface area (Å²) in [6, 6.07) is 1.94. The van der Waals surface area contributed by atoms with Crippen LogP contribution in [0.2, 0.25) is 0 Å². The molecule has 2 aromatic rings. The molecule has 4 aliphatic carbocycles. The first kappa shape index (κ1) is 14.9. The highest BCUT2D eigenvalue weighted by molar-refractivity contribution is 5.93. The van der Waals surface area contributed by atoms with E-state index in [4.69, 9.17) is 0 Å². The fraction of sp³-hybridized carbons (Fsp3) is 0.667. The number of aromatic nitrogens is 5. The van der Waals surface area contributed by atoms with Gasteiger partial charge in [0.05, 0.1) is 17.8 Å². The molecule has 136 valence electrons. The second-order valence-electron chi connectivity index (χ2n) is 8.68. The molecule has 8 heteroatoms. The van der Waals surface area contributed by atoms with Crippen molar-refractivity contribution in [2.45, 2.75) is 56.3 Å². The largest absolute Gasteiger partial charge is 0.345 e. The van der Waals surface area contributed by atoms with Gasteiger partial charge in [0.25, 0.3) is 5.91 Å². The maximum absolute atomic E-state index is 13.0. The van der Waals surface area contributed by atoms with Gasteiger partial charge in [0.15, 0.2) is 5.69 Å². The second-order valence-corrected chi connectivity index (χ2v) is 8.68. The Morgan fingerprint density at radius 2 is 2.31 bits per heavy atom. The standard InChI is InChI=1S/C18H23N7O/c26-16(15-4-14-8-19-1-2-24(14)23-15)22-18-6-12-3-13(18)7-17(5-12,9-18)25-11-20-10-21-25/h4,10-13,19H,1-3,5-9H2,(H,22,26). The van der Waals surface area contributed by atoms with Crippen LogP contribution < -0.4 is 10.6 Å². The third-order valence-corrected chi connectivity index (χ3v) is 7.16. The fourth-order valence-corrected chi connectivity index (χ4v) is 6.37. The van der Waals surface area contributed by atoms with Crippen molar-refractivity contribution < 1.29 is 4.79 Å². The summed E-state index contributed by atoms with van der Waals surface area (Å²) in [6.07, 6.45) is 9.00. The zero-order chi connectivity index (χ0) is 17.4. The van der Waals surface area contributed by atoms with E-state index in [1.165, 1.54) is 6.42 Å². The number of rotatable bonds is 3. The molecule has 0 spiro atoms. The van der Waals surface area contributed by atoms with Gasteiger partial charge in [0.1, 0.15) is 12.7 Å². The number of amides is 1. The molecule has 4 unspecified atom stereocenters. The number of hydrogen-bond donors (Lipinski definition) is 2. The van der Waals surface area contributed by atoms with Gasteiger partial charge in [-0.3, -0.25) is 9.48 Å². The van der Waals surface area contributed by atoms with Gasteiger partial charge in [0, 0.05) is 18.6 Å². The van der Waals surface area contributed by atoms with Gasteiger partial charge in [-0.15, -0.1) is 0 Å². The van der Waals surface area contributed by atoms with Crippen LogP contribution in [0.15, 0.2) is 18.7 Å². The molecule has 8 nitrogen and oxygen atoms in total. The normalized spacial score (nSPS) is 37.1. The zero-order valence-electron chi connectivity index (χ0n) is 14.7. The molecule has 4 saturated carbocycles. The van der Waals surface area contributed by atoms with Crippen LogP contribution in [0.1, 0.15) is 48.3 Å². The Hall–Kier alpha value is -2.22. The summed E-state index contributed by atoms with van der Waals surface area (Å²) in [6.45, 7) is 2.52. The predicted octanol–water partition coefficient (Wildman–Crippen LogP) is 0.666. The van der Waals surface area contributed by atoms with Crippen LogP contribution in [0.3, 0.4) is 0 Å². The lowest BCUT2D eigenvalue weighted by atomic mass is 9.74. The van der Waals surface area contributed by atoms with Gasteiger partial charge in [-0.25, -0.2) is 9.67 Å². The van der Waals surface area contributed by atoms with Crippen LogP contribution in [0.25, 0.3) is 0 Å². The van der Waals surface area contributed by atoms with Gasteiger partial charge in [0.2, 0.25) is 0 Å². The van der Waals surface area contributed by atoms with E-state index < -0.39 is 0 Å². The van der Waals surface area contributed by atoms with Crippen molar-refractivity contribution in [1.29, 1.82) is 0 Å². The van der Waals surface area contributed by atoms with Crippen LogP contribution >= 0.6 is 0 Å². The van der Waals surface area contributed by atoms with Crippen LogP contribution in [0.4, 0.5) is 0 Å². The minimum Gasteiger partial charge on any atom is -0.345 e. The molecule has 2 N–H and O–H groups in total. The minimum atomic E-state index is -0.103. The molecule has 1 aliphatic heterocycles. The molecular formula is C18H23N7O. The van der Waals surface area contributed by atoms with E-state index in [0.717, 1.165) is 51.0 Å². The topological polar surface area (TPSA) is 89.7 Å². The fourth-order valence-electron chi connectivity index (χ4n) is 6.37. The molecule has 5 aliphatic rings. The van der Waals surface area contributed by atoms with Gasteiger partial charge in [-0.2, -0.15) is 10.2 Å². The zero-order valence-corrected chi connectivity index (χ0v) is 14.7. The predicted molar refractivity (Wildman–Crippen MR) is 92.2 cm³/mol. The van der Waals surface area contributed by atoms with Crippen LogP contribution in [0, 0.1) is 11.8 Å². The Labute approximate surface area is 151 Å². The molecule has 1 amide bonds. The molecule has 26 heavy (non-hydrogen) atoms. The highest BCUT2D eigenvalue weighted by Crippen LogP contribution is 2.64. The quantitative estimate of drug-likeness (QED) is 0.846. The molecule has 2 aromatic heterocycles. The lowest BCUT2D eigenvalue weighted by Crippen LogP contribution is -2.52. The molecule has 3 heterocycles. The van der Waals surface area contributed by atoms with Crippen molar-refractivity contribution in [2.75, 3.05) is 6.54 Å². The third kappa shape index (κ3) is 1.93. The molecular weight excluding hydrogens is 330 g/mol. The molecule has 4 bridgehead atoms. The molecule has 0 saturated heterocycles. The number of fused-ring (bicyclic) bond motifs is 1. The van der Waals surface area contributed by atoms with E-state index in [0.29, 0.717) is 17.5 Å². The Balaban J connectivity index is 1.29. The molecule has 4 atom stereocenters. The van der Waals surface area contributed by atoms with E-state index in [-0.39, 0.29) is 17.0 Å². The Kier molecular flexibility index (Phi) is 2.83. The monoisotopic (exact) mass is 353 g/mol. The first-order chi connectivity index (χ1) is 12.7. The van der Waals surface area contributed by atoms with E-state index in [1.54, 1.807) is 6.33 Å². The van der Waals surface area contributed by atoms with Gasteiger partial charge in [-0.05, 0) is 50.0 Å². The minimum absolute atomic E-state index is 0.0196. The van der Waals surface area contributed by atoms with Gasteiger partial charge in [-0.1, -0.05) is 0 Å². The van der Waals surface area contributed by atoms with Crippen molar-refractivity contribution in [3.8, 4) is 0 Å². The van der Waals surface area contributed by atoms with Crippen molar-refractivity contribution in [2.24, 2.45) is 11.8 Å². The molecule has 7 rings (SSSR count). The summed E-state index contributed by atoms with van der Waals surface area (Å²) in [5.74, 6) is 1.19. The van der Waals surface area contributed by atoms with E-state index in [2.05, 4.69) is 30.5 Å². The van der Waals surface area contributed by atoms with E-state index in [1.807, 2.05) is 17.1 Å². The van der Waals surface area contributed by atoms with Crippen molar-refractivity contribution in [3.05, 3.63) is 30.1 Å². The van der Waals surface area contributed by atoms with E-state index >= 15 is 0 Å². The molecule has 0 aromatic carbocycles. The average molecular weight is 353 g/mol. The SMILES string of the molecule is O=C(NC12CC3CC1CC(n1cncn1)(C3)C2)c1cc2n(n1)CCNC2. The van der Waals surface area contributed by atoms with Crippen LogP contribution in [0.5, 0.6) is 0 Å². The summed E-state index contributed by atoms with van der Waals surface area (Å²) >= 11 is 0. The number of nitrogens with one attached hydrogen (secondary N) is 2. The maximum atomic E-state index is 13.0. The number of nitrogens with zero attached hydrogens (tertiary/aromatic N) is 5. The second kappa shape index (κ2) is 4.94. The molecule has 0 radical (unpaired) electrons. The van der Waals surface area contributed by atoms with Crippen molar-refractivity contribution >= 4 is 5.91 Å². The smallest absolute Gasteiger partial charge is 0.272 e. The van der Waals surface area contributed by atoms with Crippen LogP contribution in [-0.4, -0.2) is 42.5 Å². The Morgan fingerprint density at radius 1 is 1.35 bits per heavy atom. The number of carbonyl (C=O) groups is 1. The molecule has 4 fully saturated rings. The maximum Gasteiger partial charge on any atom is 0.272 e. The van der Waals surface area contributed by atoms with Gasteiger partial charge < -0.3 is 10.6 Å². The third-order valence-electron chi connectivity index (χ3n) is 7.16. The Morgan fingerprint density at radius 3 is 3.15 bits per heavy atom. The highest BCUT2D eigenvalue weighted by atomic mass is 16.2. The highest BCUT2D eigenvalue weighted by Gasteiger charge is 2.65. The average Bonchev–Trinajstić information content (AvgIpc) is 3.37. The summed E-state index contributed by atoms with van der Waals surface area (Å²) in [5, 5.41) is 15.7. The lowest BCUT2D eigenvalue weighted by molar-refractivity contribution is 0.0832. The lowest BCUT2D eigenvalue weighted by Gasteiger charge is -2.40. The summed E-state index contributed by atoms with van der Waals surface area (Å²) in [5.41, 5.74) is 1.58. The van der Waals surface area contributed by atoms with Gasteiger partial charge >= 0.3 is 0 Å². The Bertz CT molecular complexity index is 851. The number of carbonyl (C=O) groups excluding carboxylic acids is 1. The first-order valence-electron chi connectivity index (χ1n) is 9.61. The van der Waals surface area contributed by atoms with Crippen molar-refractivity contribution in [3.63, 3.8) is 0 Å². The van der Waals surface area contributed by atoms with Crippen LogP contribution in [-0.2, 0) is 18.6 Å². The summed E-state index contributed by atoms with van der Waals surface area (Å²) < 4.78 is 4.01. The van der Waals surface area contributed by atoms with E-state index in [9.17, 15) is 4.79 Å².